The first-order valence-corrected chi connectivity index (χ1v) is 14.5. The van der Waals surface area contributed by atoms with E-state index in [4.69, 9.17) is 23.4 Å². The van der Waals surface area contributed by atoms with Crippen LogP contribution >= 0.6 is 0 Å². The third kappa shape index (κ3) is 4.33. The van der Waals surface area contributed by atoms with Crippen LogP contribution in [0.25, 0.3) is 0 Å². The highest BCUT2D eigenvalue weighted by Crippen LogP contribution is 2.73. The summed E-state index contributed by atoms with van der Waals surface area (Å²) in [5.41, 5.74) is -0.780. The highest BCUT2D eigenvalue weighted by Gasteiger charge is 2.72. The van der Waals surface area contributed by atoms with E-state index in [1.54, 1.807) is 18.6 Å². The van der Waals surface area contributed by atoms with Crippen LogP contribution in [0.1, 0.15) is 92.7 Å². The molecule has 0 amide bonds. The summed E-state index contributed by atoms with van der Waals surface area (Å²) in [5.74, 6) is -1.91. The van der Waals surface area contributed by atoms with Gasteiger partial charge in [0.15, 0.2) is 0 Å². The maximum atomic E-state index is 13.2. The van der Waals surface area contributed by atoms with Gasteiger partial charge in [-0.05, 0) is 42.7 Å². The van der Waals surface area contributed by atoms with E-state index in [1.165, 1.54) is 20.8 Å². The van der Waals surface area contributed by atoms with Gasteiger partial charge in [0.05, 0.1) is 12.5 Å². The summed E-state index contributed by atoms with van der Waals surface area (Å²) >= 11 is 0. The molecule has 4 unspecified atom stereocenters. The number of esters is 4. The van der Waals surface area contributed by atoms with Crippen LogP contribution in [0.4, 0.5) is 0 Å². The molecule has 9 heteroatoms. The molecular weight excluding hydrogens is 528 g/mol. The lowest BCUT2D eigenvalue weighted by atomic mass is 9.36. The third-order valence-electron chi connectivity index (χ3n) is 11.2. The Bertz CT molecular complexity index is 1280. The Morgan fingerprint density at radius 1 is 0.854 bits per heavy atom. The van der Waals surface area contributed by atoms with E-state index in [0.717, 1.165) is 11.1 Å². The zero-order valence-corrected chi connectivity index (χ0v) is 25.3. The van der Waals surface area contributed by atoms with Crippen molar-refractivity contribution in [2.75, 3.05) is 0 Å². The van der Waals surface area contributed by atoms with Crippen molar-refractivity contribution in [3.8, 4) is 0 Å². The lowest BCUT2D eigenvalue weighted by molar-refractivity contribution is -0.264. The molecule has 1 aromatic heterocycles. The number of furan rings is 1. The average molecular weight is 571 g/mol. The standard InChI is InChI=1S/C32H42O9/c1-17(33)38-24-15-26(40-19(3)35)31(7)21-9-11-30(6)23(14-27(36)41-28(30)20-10-12-37-16-20)32(21,8)25(39-18(2)34)13-22(31)29(24,4)5/h10,12,14,16,21-22,24-26,28H,9,11,13,15H2,1-8H3/t21?,22?,24?,25-,26+,28?,30-,31-,32-/m1/s1. The molecule has 3 saturated carbocycles. The second-order valence-corrected chi connectivity index (χ2v) is 13.7. The molecule has 5 rings (SSSR count). The molecule has 0 bridgehead atoms. The minimum absolute atomic E-state index is 0.129. The Hall–Kier alpha value is -3.10. The highest BCUT2D eigenvalue weighted by atomic mass is 16.6. The van der Waals surface area contributed by atoms with Crippen LogP contribution in [0, 0.1) is 33.5 Å². The average Bonchev–Trinajstić information content (AvgIpc) is 3.38. The summed E-state index contributed by atoms with van der Waals surface area (Å²) in [6.45, 7) is 14.7. The van der Waals surface area contributed by atoms with Gasteiger partial charge in [-0.25, -0.2) is 4.79 Å². The van der Waals surface area contributed by atoms with Crippen molar-refractivity contribution >= 4 is 23.9 Å². The fourth-order valence-electron chi connectivity index (χ4n) is 9.52. The van der Waals surface area contributed by atoms with Crippen molar-refractivity contribution in [2.24, 2.45) is 33.5 Å². The molecule has 4 aliphatic rings. The van der Waals surface area contributed by atoms with Crippen LogP contribution in [0.5, 0.6) is 0 Å². The van der Waals surface area contributed by atoms with E-state index in [1.807, 2.05) is 6.07 Å². The minimum atomic E-state index is -0.770. The zero-order valence-electron chi connectivity index (χ0n) is 25.3. The number of hydrogen-bond donors (Lipinski definition) is 0. The van der Waals surface area contributed by atoms with Crippen LogP contribution in [-0.4, -0.2) is 42.2 Å². The van der Waals surface area contributed by atoms with Gasteiger partial charge in [-0.2, -0.15) is 0 Å². The molecule has 0 N–H and O–H groups in total. The molecule has 0 spiro atoms. The highest BCUT2D eigenvalue weighted by molar-refractivity contribution is 5.85. The van der Waals surface area contributed by atoms with Gasteiger partial charge in [-0.1, -0.05) is 34.6 Å². The van der Waals surface area contributed by atoms with Gasteiger partial charge in [-0.15, -0.1) is 0 Å². The lowest BCUT2D eigenvalue weighted by Crippen LogP contribution is -2.70. The molecule has 0 aromatic carbocycles. The maximum absolute atomic E-state index is 13.2. The molecule has 1 aromatic rings. The quantitative estimate of drug-likeness (QED) is 0.343. The Morgan fingerprint density at radius 3 is 2.05 bits per heavy atom. The predicted molar refractivity (Wildman–Crippen MR) is 146 cm³/mol. The van der Waals surface area contributed by atoms with Gasteiger partial charge in [0.25, 0.3) is 0 Å². The van der Waals surface area contributed by atoms with Gasteiger partial charge in [0.1, 0.15) is 24.4 Å². The number of rotatable bonds is 4. The van der Waals surface area contributed by atoms with E-state index in [2.05, 4.69) is 34.6 Å². The summed E-state index contributed by atoms with van der Waals surface area (Å²) in [5, 5.41) is 0. The smallest absolute Gasteiger partial charge is 0.331 e. The maximum Gasteiger partial charge on any atom is 0.331 e. The summed E-state index contributed by atoms with van der Waals surface area (Å²) < 4.78 is 29.4. The molecule has 2 heterocycles. The molecule has 3 aliphatic carbocycles. The minimum Gasteiger partial charge on any atom is -0.472 e. The van der Waals surface area contributed by atoms with E-state index in [9.17, 15) is 19.2 Å². The van der Waals surface area contributed by atoms with Crippen molar-refractivity contribution in [1.82, 2.24) is 0 Å². The fraction of sp³-hybridized carbons (Fsp3) is 0.688. The molecule has 41 heavy (non-hydrogen) atoms. The number of carbonyl (C=O) groups excluding carboxylic acids is 4. The second-order valence-electron chi connectivity index (χ2n) is 13.7. The summed E-state index contributed by atoms with van der Waals surface area (Å²) in [7, 11) is 0. The molecule has 224 valence electrons. The van der Waals surface area contributed by atoms with Crippen LogP contribution < -0.4 is 0 Å². The van der Waals surface area contributed by atoms with Crippen molar-refractivity contribution in [3.05, 3.63) is 35.8 Å². The van der Waals surface area contributed by atoms with Crippen molar-refractivity contribution in [3.63, 3.8) is 0 Å². The number of ether oxygens (including phenoxy) is 4. The Balaban J connectivity index is 1.70. The SMILES string of the molecule is CC(=O)OC1C[C@H](OC(C)=O)[C@@]2(C)C(C[C@@H](OC(C)=O)[C@@]3(C)C4=CC(=O)OC(c5ccoc5)[C@]4(C)CCC23)C1(C)C. The first-order chi connectivity index (χ1) is 19.1. The summed E-state index contributed by atoms with van der Waals surface area (Å²) in [6.07, 6.45) is 4.82. The van der Waals surface area contributed by atoms with Gasteiger partial charge in [0, 0.05) is 60.5 Å². The fourth-order valence-corrected chi connectivity index (χ4v) is 9.52. The van der Waals surface area contributed by atoms with Crippen LogP contribution in [0.2, 0.25) is 0 Å². The lowest BCUT2D eigenvalue weighted by Gasteiger charge is -2.70. The predicted octanol–water partition coefficient (Wildman–Crippen LogP) is 5.48. The summed E-state index contributed by atoms with van der Waals surface area (Å²) in [4.78, 5) is 50.4. The number of fused-ring (bicyclic) bond motifs is 5. The van der Waals surface area contributed by atoms with Gasteiger partial charge >= 0.3 is 23.9 Å². The molecule has 9 atom stereocenters. The van der Waals surface area contributed by atoms with Crippen molar-refractivity contribution in [2.45, 2.75) is 105 Å². The third-order valence-corrected chi connectivity index (χ3v) is 11.2. The zero-order chi connectivity index (χ0) is 30.1. The van der Waals surface area contributed by atoms with E-state index >= 15 is 0 Å². The first kappa shape index (κ1) is 29.4. The van der Waals surface area contributed by atoms with Crippen LogP contribution in [0.15, 0.2) is 34.7 Å². The van der Waals surface area contributed by atoms with Crippen LogP contribution in [-0.2, 0) is 38.1 Å². The van der Waals surface area contributed by atoms with Crippen molar-refractivity contribution in [1.29, 1.82) is 0 Å². The molecule has 1 aliphatic heterocycles. The Kier molecular flexibility index (Phi) is 6.98. The van der Waals surface area contributed by atoms with Crippen LogP contribution in [0.3, 0.4) is 0 Å². The Morgan fingerprint density at radius 2 is 1.46 bits per heavy atom. The van der Waals surface area contributed by atoms with Gasteiger partial charge in [-0.3, -0.25) is 14.4 Å². The molecule has 3 fully saturated rings. The second kappa shape index (κ2) is 9.73. The van der Waals surface area contributed by atoms with Gasteiger partial charge < -0.3 is 23.4 Å². The number of cyclic esters (lactones) is 1. The van der Waals surface area contributed by atoms with Crippen molar-refractivity contribution < 1.29 is 42.5 Å². The summed E-state index contributed by atoms with van der Waals surface area (Å²) in [6, 6.07) is 1.82. The van der Waals surface area contributed by atoms with E-state index in [-0.39, 0.29) is 11.8 Å². The Labute approximate surface area is 241 Å². The number of hydrogen-bond acceptors (Lipinski definition) is 9. The molecule has 0 radical (unpaired) electrons. The molecule has 0 saturated heterocycles. The molecule has 9 nitrogen and oxygen atoms in total. The first-order valence-electron chi connectivity index (χ1n) is 14.5. The normalized spacial score (nSPS) is 41.0. The largest absolute Gasteiger partial charge is 0.472 e. The van der Waals surface area contributed by atoms with E-state index in [0.29, 0.717) is 25.7 Å². The monoisotopic (exact) mass is 570 g/mol. The molecular formula is C32H42O9. The topological polar surface area (TPSA) is 118 Å². The van der Waals surface area contributed by atoms with Gasteiger partial charge in [0.2, 0.25) is 0 Å². The van der Waals surface area contributed by atoms with E-state index < -0.39 is 70.0 Å². The number of carbonyl (C=O) groups is 4.